The molecule has 0 spiro atoms. The lowest BCUT2D eigenvalue weighted by Crippen LogP contribution is -2.28. The van der Waals surface area contributed by atoms with E-state index >= 15 is 0 Å². The van der Waals surface area contributed by atoms with E-state index in [4.69, 9.17) is 0 Å². The lowest BCUT2D eigenvalue weighted by Gasteiger charge is -2.08. The molecule has 9 heteroatoms. The van der Waals surface area contributed by atoms with Gasteiger partial charge in [-0.2, -0.15) is 0 Å². The largest absolute Gasteiger partial charge is 0.383 e. The minimum absolute atomic E-state index is 0.0378. The second-order valence-corrected chi connectivity index (χ2v) is 5.40. The van der Waals surface area contributed by atoms with E-state index in [0.29, 0.717) is 29.8 Å². The molecule has 0 saturated carbocycles. The number of carbonyl (C=O) groups is 1. The molecular weight excluding hydrogens is 324 g/mol. The Kier molecular flexibility index (Phi) is 4.55. The van der Waals surface area contributed by atoms with Gasteiger partial charge in [0.05, 0.1) is 16.0 Å². The number of imidazole rings is 1. The van der Waals surface area contributed by atoms with Gasteiger partial charge < -0.3 is 15.6 Å². The standard InChI is InChI=1S/C16H16N6O3/c1-10-20-14-8-11(9-19-15(14)21-10)16(23)18-7-6-17-12-2-4-13(5-3-12)22(24)25/h2-5,8-9,17H,6-7H2,1H3,(H,18,23)(H,19,20,21). The minimum Gasteiger partial charge on any atom is -0.383 e. The van der Waals surface area contributed by atoms with Crippen LogP contribution >= 0.6 is 0 Å². The van der Waals surface area contributed by atoms with Crippen LogP contribution in [0.2, 0.25) is 0 Å². The van der Waals surface area contributed by atoms with E-state index in [1.165, 1.54) is 18.3 Å². The van der Waals surface area contributed by atoms with E-state index in [0.717, 1.165) is 11.5 Å². The molecule has 3 aromatic rings. The molecular formula is C16H16N6O3. The van der Waals surface area contributed by atoms with Crippen LogP contribution in [0, 0.1) is 17.0 Å². The third-order valence-corrected chi connectivity index (χ3v) is 3.54. The predicted molar refractivity (Wildman–Crippen MR) is 92.5 cm³/mol. The number of hydrogen-bond acceptors (Lipinski definition) is 6. The third-order valence-electron chi connectivity index (χ3n) is 3.54. The Labute approximate surface area is 142 Å². The molecule has 3 rings (SSSR count). The van der Waals surface area contributed by atoms with E-state index in [1.807, 2.05) is 6.92 Å². The number of nitro benzene ring substituents is 1. The molecule has 0 atom stereocenters. The van der Waals surface area contributed by atoms with Crippen molar-refractivity contribution >= 4 is 28.4 Å². The first-order valence-electron chi connectivity index (χ1n) is 7.62. The Bertz CT molecular complexity index is 919. The number of aromatic amines is 1. The number of benzene rings is 1. The molecule has 1 amide bonds. The lowest BCUT2D eigenvalue weighted by molar-refractivity contribution is -0.384. The Hall–Kier alpha value is -3.49. The van der Waals surface area contributed by atoms with Crippen LogP contribution in [0.15, 0.2) is 36.5 Å². The summed E-state index contributed by atoms with van der Waals surface area (Å²) in [5, 5.41) is 16.5. The molecule has 0 saturated heterocycles. The highest BCUT2D eigenvalue weighted by atomic mass is 16.6. The van der Waals surface area contributed by atoms with Crippen LogP contribution in [0.4, 0.5) is 11.4 Å². The monoisotopic (exact) mass is 340 g/mol. The number of rotatable bonds is 6. The number of nitrogens with zero attached hydrogens (tertiary/aromatic N) is 3. The van der Waals surface area contributed by atoms with Crippen molar-refractivity contribution in [1.29, 1.82) is 0 Å². The highest BCUT2D eigenvalue weighted by Crippen LogP contribution is 2.15. The number of anilines is 1. The van der Waals surface area contributed by atoms with Gasteiger partial charge in [0.2, 0.25) is 0 Å². The van der Waals surface area contributed by atoms with Crippen LogP contribution in [0.1, 0.15) is 16.2 Å². The van der Waals surface area contributed by atoms with Crippen molar-refractivity contribution < 1.29 is 9.72 Å². The molecule has 2 aromatic heterocycles. The molecule has 25 heavy (non-hydrogen) atoms. The van der Waals surface area contributed by atoms with E-state index in [1.54, 1.807) is 18.2 Å². The Balaban J connectivity index is 1.50. The summed E-state index contributed by atoms with van der Waals surface area (Å²) in [7, 11) is 0. The summed E-state index contributed by atoms with van der Waals surface area (Å²) in [6.45, 7) is 2.71. The van der Waals surface area contributed by atoms with Crippen molar-refractivity contribution in [3.63, 3.8) is 0 Å². The first kappa shape index (κ1) is 16.4. The number of non-ortho nitro benzene ring substituents is 1. The van der Waals surface area contributed by atoms with Gasteiger partial charge in [-0.1, -0.05) is 0 Å². The molecule has 0 fully saturated rings. The Morgan fingerprint density at radius 2 is 2.04 bits per heavy atom. The van der Waals surface area contributed by atoms with Gasteiger partial charge in [0, 0.05) is 37.1 Å². The number of H-pyrrole nitrogens is 1. The minimum atomic E-state index is -0.448. The number of fused-ring (bicyclic) bond motifs is 1. The van der Waals surface area contributed by atoms with Gasteiger partial charge in [0.25, 0.3) is 11.6 Å². The van der Waals surface area contributed by atoms with Gasteiger partial charge >= 0.3 is 0 Å². The second kappa shape index (κ2) is 6.95. The maximum atomic E-state index is 12.1. The topological polar surface area (TPSA) is 126 Å². The van der Waals surface area contributed by atoms with E-state index in [9.17, 15) is 14.9 Å². The molecule has 0 aliphatic rings. The molecule has 0 unspecified atom stereocenters. The van der Waals surface area contributed by atoms with Crippen molar-refractivity contribution in [2.75, 3.05) is 18.4 Å². The fourth-order valence-corrected chi connectivity index (χ4v) is 2.33. The van der Waals surface area contributed by atoms with Crippen molar-refractivity contribution in [2.45, 2.75) is 6.92 Å². The fourth-order valence-electron chi connectivity index (χ4n) is 2.33. The van der Waals surface area contributed by atoms with E-state index in [-0.39, 0.29) is 11.6 Å². The summed E-state index contributed by atoms with van der Waals surface area (Å²) >= 11 is 0. The summed E-state index contributed by atoms with van der Waals surface area (Å²) < 4.78 is 0. The number of pyridine rings is 1. The number of aromatic nitrogens is 3. The average molecular weight is 340 g/mol. The molecule has 1 aromatic carbocycles. The molecule has 2 heterocycles. The van der Waals surface area contributed by atoms with Crippen LogP contribution in [-0.2, 0) is 0 Å². The molecule has 0 radical (unpaired) electrons. The van der Waals surface area contributed by atoms with Gasteiger partial charge in [0.1, 0.15) is 5.82 Å². The Morgan fingerprint density at radius 3 is 2.76 bits per heavy atom. The van der Waals surface area contributed by atoms with Crippen LogP contribution < -0.4 is 10.6 Å². The molecule has 0 bridgehead atoms. The number of carbonyl (C=O) groups excluding carboxylic acids is 1. The number of amides is 1. The molecule has 0 aliphatic carbocycles. The van der Waals surface area contributed by atoms with Gasteiger partial charge in [-0.25, -0.2) is 9.97 Å². The quantitative estimate of drug-likeness (QED) is 0.358. The first-order chi connectivity index (χ1) is 12.0. The molecule has 3 N–H and O–H groups in total. The number of aryl methyl sites for hydroxylation is 1. The van der Waals surface area contributed by atoms with Crippen LogP contribution in [0.5, 0.6) is 0 Å². The normalized spacial score (nSPS) is 10.6. The maximum absolute atomic E-state index is 12.1. The van der Waals surface area contributed by atoms with Crippen molar-refractivity contribution in [1.82, 2.24) is 20.3 Å². The summed E-state index contributed by atoms with van der Waals surface area (Å²) in [6.07, 6.45) is 1.49. The van der Waals surface area contributed by atoms with Crippen LogP contribution in [0.3, 0.4) is 0 Å². The van der Waals surface area contributed by atoms with Crippen LogP contribution in [0.25, 0.3) is 11.2 Å². The van der Waals surface area contributed by atoms with Crippen molar-refractivity contribution in [3.05, 3.63) is 58.0 Å². The van der Waals surface area contributed by atoms with Crippen molar-refractivity contribution in [2.24, 2.45) is 0 Å². The maximum Gasteiger partial charge on any atom is 0.269 e. The van der Waals surface area contributed by atoms with Crippen LogP contribution in [-0.4, -0.2) is 38.9 Å². The molecule has 9 nitrogen and oxygen atoms in total. The van der Waals surface area contributed by atoms with Gasteiger partial charge in [-0.15, -0.1) is 0 Å². The number of nitrogens with one attached hydrogen (secondary N) is 3. The van der Waals surface area contributed by atoms with Crippen molar-refractivity contribution in [3.8, 4) is 0 Å². The van der Waals surface area contributed by atoms with Gasteiger partial charge in [0.15, 0.2) is 5.65 Å². The number of hydrogen-bond donors (Lipinski definition) is 3. The molecule has 0 aliphatic heterocycles. The fraction of sp³-hybridized carbons (Fsp3) is 0.188. The third kappa shape index (κ3) is 3.89. The molecule has 128 valence electrons. The number of nitro groups is 1. The van der Waals surface area contributed by atoms with Gasteiger partial charge in [-0.05, 0) is 25.1 Å². The SMILES string of the molecule is Cc1nc2ncc(C(=O)NCCNc3ccc([N+](=O)[O-])cc3)cc2[nH]1. The summed E-state index contributed by atoms with van der Waals surface area (Å²) in [6, 6.07) is 7.81. The van der Waals surface area contributed by atoms with E-state index < -0.39 is 4.92 Å². The van der Waals surface area contributed by atoms with E-state index in [2.05, 4.69) is 25.6 Å². The lowest BCUT2D eigenvalue weighted by atomic mass is 10.2. The zero-order valence-electron chi connectivity index (χ0n) is 13.4. The second-order valence-electron chi connectivity index (χ2n) is 5.40. The summed E-state index contributed by atoms with van der Waals surface area (Å²) in [5.74, 6) is 0.513. The van der Waals surface area contributed by atoms with Gasteiger partial charge in [-0.3, -0.25) is 14.9 Å². The predicted octanol–water partition coefficient (Wildman–Crippen LogP) is 2.02. The highest BCUT2D eigenvalue weighted by Gasteiger charge is 2.09. The Morgan fingerprint density at radius 1 is 1.28 bits per heavy atom. The average Bonchev–Trinajstić information content (AvgIpc) is 2.98. The zero-order chi connectivity index (χ0) is 17.8. The summed E-state index contributed by atoms with van der Waals surface area (Å²) in [5.41, 5.74) is 2.53. The summed E-state index contributed by atoms with van der Waals surface area (Å²) in [4.78, 5) is 33.7. The first-order valence-corrected chi connectivity index (χ1v) is 7.62. The smallest absolute Gasteiger partial charge is 0.269 e. The highest BCUT2D eigenvalue weighted by molar-refractivity contribution is 5.96. The zero-order valence-corrected chi connectivity index (χ0v) is 13.4.